The number of pyridine rings is 1. The molecule has 1 aliphatic rings. The molecule has 0 radical (unpaired) electrons. The lowest BCUT2D eigenvalue weighted by molar-refractivity contribution is 0.260. The molecule has 0 amide bonds. The Bertz CT molecular complexity index is 684. The molecule has 1 aromatic carbocycles. The molecular formula is C19H24ClN3. The fourth-order valence-electron chi connectivity index (χ4n) is 3.27. The summed E-state index contributed by atoms with van der Waals surface area (Å²) in [5, 5.41) is 0.843. The van der Waals surface area contributed by atoms with Crippen LogP contribution in [0.3, 0.4) is 0 Å². The van der Waals surface area contributed by atoms with Crippen molar-refractivity contribution in [1.29, 1.82) is 0 Å². The molecule has 0 bridgehead atoms. The van der Waals surface area contributed by atoms with E-state index in [-0.39, 0.29) is 0 Å². The Morgan fingerprint density at radius 1 is 1.30 bits per heavy atom. The van der Waals surface area contributed by atoms with Crippen LogP contribution in [-0.4, -0.2) is 36.6 Å². The predicted molar refractivity (Wildman–Crippen MR) is 98.1 cm³/mol. The van der Waals surface area contributed by atoms with E-state index in [2.05, 4.69) is 41.1 Å². The fourth-order valence-corrected chi connectivity index (χ4v) is 3.51. The topological polar surface area (TPSA) is 19.4 Å². The molecule has 23 heavy (non-hydrogen) atoms. The van der Waals surface area contributed by atoms with Crippen molar-refractivity contribution in [3.05, 3.63) is 47.1 Å². The van der Waals surface area contributed by atoms with Crippen LogP contribution in [-0.2, 0) is 6.54 Å². The van der Waals surface area contributed by atoms with E-state index >= 15 is 0 Å². The number of aromatic nitrogens is 1. The zero-order valence-corrected chi connectivity index (χ0v) is 14.8. The maximum absolute atomic E-state index is 6.58. The van der Waals surface area contributed by atoms with Gasteiger partial charge in [-0.15, -0.1) is 0 Å². The number of benzene rings is 1. The number of hydrogen-bond donors (Lipinski definition) is 0. The quantitative estimate of drug-likeness (QED) is 0.826. The molecule has 4 heteroatoms. The van der Waals surface area contributed by atoms with Crippen molar-refractivity contribution in [2.75, 3.05) is 25.5 Å². The summed E-state index contributed by atoms with van der Waals surface area (Å²) in [5.74, 6) is 0.962. The van der Waals surface area contributed by atoms with E-state index in [0.717, 1.165) is 28.5 Å². The third kappa shape index (κ3) is 3.51. The SMILES string of the molecule is C[C@@H]1CCCN1Cc1ccc(-c2cccnc2N(C)C)cc1Cl. The van der Waals surface area contributed by atoms with Crippen LogP contribution in [0.15, 0.2) is 36.5 Å². The van der Waals surface area contributed by atoms with Crippen LogP contribution in [0.4, 0.5) is 5.82 Å². The van der Waals surface area contributed by atoms with Crippen LogP contribution >= 0.6 is 11.6 Å². The zero-order chi connectivity index (χ0) is 16.4. The molecule has 0 N–H and O–H groups in total. The van der Waals surface area contributed by atoms with Gasteiger partial charge in [0.25, 0.3) is 0 Å². The molecule has 2 heterocycles. The summed E-state index contributed by atoms with van der Waals surface area (Å²) >= 11 is 6.58. The Balaban J connectivity index is 1.88. The number of halogens is 1. The molecule has 3 rings (SSSR count). The molecule has 1 fully saturated rings. The van der Waals surface area contributed by atoms with Gasteiger partial charge in [-0.3, -0.25) is 4.90 Å². The molecule has 1 atom stereocenters. The summed E-state index contributed by atoms with van der Waals surface area (Å²) in [7, 11) is 4.02. The number of hydrogen-bond acceptors (Lipinski definition) is 3. The van der Waals surface area contributed by atoms with Gasteiger partial charge in [-0.05, 0) is 55.6 Å². The molecule has 0 unspecified atom stereocenters. The van der Waals surface area contributed by atoms with Crippen molar-refractivity contribution in [3.8, 4) is 11.1 Å². The molecule has 0 aliphatic carbocycles. The van der Waals surface area contributed by atoms with Gasteiger partial charge >= 0.3 is 0 Å². The minimum Gasteiger partial charge on any atom is -0.362 e. The maximum Gasteiger partial charge on any atom is 0.135 e. The fraction of sp³-hybridized carbons (Fsp3) is 0.421. The van der Waals surface area contributed by atoms with Crippen molar-refractivity contribution < 1.29 is 0 Å². The van der Waals surface area contributed by atoms with E-state index in [4.69, 9.17) is 11.6 Å². The van der Waals surface area contributed by atoms with Crippen molar-refractivity contribution in [1.82, 2.24) is 9.88 Å². The van der Waals surface area contributed by atoms with Crippen LogP contribution in [0, 0.1) is 0 Å². The lowest BCUT2D eigenvalue weighted by atomic mass is 10.0. The minimum absolute atomic E-state index is 0.657. The summed E-state index contributed by atoms with van der Waals surface area (Å²) in [4.78, 5) is 9.02. The number of likely N-dealkylation sites (tertiary alicyclic amines) is 1. The zero-order valence-electron chi connectivity index (χ0n) is 14.1. The molecule has 0 saturated carbocycles. The first-order valence-electron chi connectivity index (χ1n) is 8.21. The van der Waals surface area contributed by atoms with Gasteiger partial charge in [-0.1, -0.05) is 23.7 Å². The smallest absolute Gasteiger partial charge is 0.135 e. The highest BCUT2D eigenvalue weighted by Crippen LogP contribution is 2.32. The predicted octanol–water partition coefficient (Wildman–Crippen LogP) is 4.45. The van der Waals surface area contributed by atoms with Crippen LogP contribution in [0.5, 0.6) is 0 Å². The first kappa shape index (κ1) is 16.3. The second kappa shape index (κ2) is 6.90. The van der Waals surface area contributed by atoms with Crippen molar-refractivity contribution in [3.63, 3.8) is 0 Å². The average Bonchev–Trinajstić information content (AvgIpc) is 2.94. The van der Waals surface area contributed by atoms with Gasteiger partial charge < -0.3 is 4.90 Å². The van der Waals surface area contributed by atoms with Gasteiger partial charge in [-0.25, -0.2) is 4.98 Å². The molecular weight excluding hydrogens is 306 g/mol. The molecule has 1 aromatic heterocycles. The number of nitrogens with zero attached hydrogens (tertiary/aromatic N) is 3. The molecule has 2 aromatic rings. The maximum atomic E-state index is 6.58. The van der Waals surface area contributed by atoms with Crippen molar-refractivity contribution >= 4 is 17.4 Å². The van der Waals surface area contributed by atoms with E-state index in [1.165, 1.54) is 24.9 Å². The van der Waals surface area contributed by atoms with E-state index in [9.17, 15) is 0 Å². The highest BCUT2D eigenvalue weighted by molar-refractivity contribution is 6.31. The second-order valence-electron chi connectivity index (χ2n) is 6.54. The van der Waals surface area contributed by atoms with Gasteiger partial charge in [0, 0.05) is 43.5 Å². The summed E-state index contributed by atoms with van der Waals surface area (Å²) in [6.45, 7) is 4.41. The Labute approximate surface area is 143 Å². The molecule has 1 aliphatic heterocycles. The Kier molecular flexibility index (Phi) is 4.88. The first-order valence-corrected chi connectivity index (χ1v) is 8.59. The van der Waals surface area contributed by atoms with E-state index in [1.54, 1.807) is 0 Å². The number of anilines is 1. The van der Waals surface area contributed by atoms with E-state index < -0.39 is 0 Å². The lowest BCUT2D eigenvalue weighted by Crippen LogP contribution is -2.26. The van der Waals surface area contributed by atoms with Gasteiger partial charge in [0.15, 0.2) is 0 Å². The molecule has 122 valence electrons. The Hall–Kier alpha value is -1.58. The monoisotopic (exact) mass is 329 g/mol. The first-order chi connectivity index (χ1) is 11.1. The van der Waals surface area contributed by atoms with Gasteiger partial charge in [0.05, 0.1) is 0 Å². The van der Waals surface area contributed by atoms with Crippen LogP contribution in [0.25, 0.3) is 11.1 Å². The average molecular weight is 330 g/mol. The number of rotatable bonds is 4. The van der Waals surface area contributed by atoms with E-state index in [0.29, 0.717) is 6.04 Å². The summed E-state index contributed by atoms with van der Waals surface area (Å²) in [5.41, 5.74) is 3.44. The summed E-state index contributed by atoms with van der Waals surface area (Å²) in [6, 6.07) is 11.1. The van der Waals surface area contributed by atoms with Gasteiger partial charge in [0.1, 0.15) is 5.82 Å². The minimum atomic E-state index is 0.657. The summed E-state index contributed by atoms with van der Waals surface area (Å²) < 4.78 is 0. The van der Waals surface area contributed by atoms with Crippen molar-refractivity contribution in [2.45, 2.75) is 32.4 Å². The molecule has 0 spiro atoms. The van der Waals surface area contributed by atoms with Crippen LogP contribution in [0.1, 0.15) is 25.3 Å². The lowest BCUT2D eigenvalue weighted by Gasteiger charge is -2.22. The Morgan fingerprint density at radius 3 is 2.78 bits per heavy atom. The highest BCUT2D eigenvalue weighted by Gasteiger charge is 2.21. The third-order valence-electron chi connectivity index (χ3n) is 4.64. The van der Waals surface area contributed by atoms with E-state index in [1.807, 2.05) is 31.3 Å². The third-order valence-corrected chi connectivity index (χ3v) is 4.99. The summed E-state index contributed by atoms with van der Waals surface area (Å²) in [6.07, 6.45) is 4.40. The van der Waals surface area contributed by atoms with Gasteiger partial charge in [-0.2, -0.15) is 0 Å². The largest absolute Gasteiger partial charge is 0.362 e. The van der Waals surface area contributed by atoms with Crippen LogP contribution < -0.4 is 4.90 Å². The van der Waals surface area contributed by atoms with Crippen LogP contribution in [0.2, 0.25) is 5.02 Å². The van der Waals surface area contributed by atoms with Gasteiger partial charge in [0.2, 0.25) is 0 Å². The highest BCUT2D eigenvalue weighted by atomic mass is 35.5. The molecule has 3 nitrogen and oxygen atoms in total. The Morgan fingerprint density at radius 2 is 2.13 bits per heavy atom. The van der Waals surface area contributed by atoms with Crippen molar-refractivity contribution in [2.24, 2.45) is 0 Å². The normalized spacial score (nSPS) is 18.3. The second-order valence-corrected chi connectivity index (χ2v) is 6.94. The standard InChI is InChI=1S/C19H24ClN3/c1-14-6-5-11-23(14)13-16-9-8-15(12-18(16)20)17-7-4-10-21-19(17)22(2)3/h4,7-10,12,14H,5-6,11,13H2,1-3H3/t14-/m1/s1. The molecule has 1 saturated heterocycles.